The minimum absolute atomic E-state index is 0.00586. The Labute approximate surface area is 111 Å². The summed E-state index contributed by atoms with van der Waals surface area (Å²) < 4.78 is 6.22. The van der Waals surface area contributed by atoms with Gasteiger partial charge in [-0.1, -0.05) is 5.11 Å². The van der Waals surface area contributed by atoms with Gasteiger partial charge in [-0.3, -0.25) is 14.3 Å². The molecule has 10 heteroatoms. The second kappa shape index (κ2) is 5.19. The van der Waals surface area contributed by atoms with Gasteiger partial charge in [0.15, 0.2) is 0 Å². The Kier molecular flexibility index (Phi) is 3.59. The number of carboxylic acid groups (broad SMARTS) is 1. The van der Waals surface area contributed by atoms with Crippen LogP contribution in [0.2, 0.25) is 0 Å². The first kappa shape index (κ1) is 13.8. The number of rotatable bonds is 3. The molecule has 0 radical (unpaired) electrons. The quantitative estimate of drug-likeness (QED) is 0.408. The number of ether oxygens (including phenoxy) is 1. The van der Waals surface area contributed by atoms with E-state index in [2.05, 4.69) is 15.0 Å². The van der Waals surface area contributed by atoms with Crippen LogP contribution in [0.1, 0.15) is 18.2 Å². The van der Waals surface area contributed by atoms with Crippen molar-refractivity contribution in [1.29, 1.82) is 0 Å². The van der Waals surface area contributed by atoms with Crippen LogP contribution < -0.4 is 16.4 Å². The van der Waals surface area contributed by atoms with Crippen LogP contribution in [-0.4, -0.2) is 27.7 Å². The zero-order valence-corrected chi connectivity index (χ0v) is 10.3. The predicted molar refractivity (Wildman–Crippen MR) is 62.5 cm³/mol. The van der Waals surface area contributed by atoms with E-state index in [0.29, 0.717) is 0 Å². The maximum Gasteiger partial charge on any atom is 0.330 e. The molecule has 2 heterocycles. The van der Waals surface area contributed by atoms with Crippen molar-refractivity contribution in [1.82, 2.24) is 9.55 Å². The summed E-state index contributed by atoms with van der Waals surface area (Å²) in [7, 11) is 0. The Bertz CT molecular complexity index is 691. The average molecular weight is 280 g/mol. The number of H-pyrrole nitrogens is 1. The molecule has 0 bridgehead atoms. The lowest BCUT2D eigenvalue weighted by molar-refractivity contribution is -0.317. The molecular weight excluding hydrogens is 270 g/mol. The van der Waals surface area contributed by atoms with Crippen molar-refractivity contribution in [3.8, 4) is 0 Å². The van der Waals surface area contributed by atoms with E-state index in [1.54, 1.807) is 0 Å². The van der Waals surface area contributed by atoms with E-state index in [1.807, 2.05) is 0 Å². The maximum absolute atomic E-state index is 11.7. The highest BCUT2D eigenvalue weighted by atomic mass is 16.5. The van der Waals surface area contributed by atoms with Gasteiger partial charge in [-0.25, -0.2) is 4.79 Å². The van der Waals surface area contributed by atoms with E-state index in [4.69, 9.17) is 10.3 Å². The number of carbonyl (C=O) groups is 1. The normalized spacial score (nSPS) is 25.1. The van der Waals surface area contributed by atoms with Crippen molar-refractivity contribution in [3.05, 3.63) is 43.0 Å². The summed E-state index contributed by atoms with van der Waals surface area (Å²) in [5.41, 5.74) is 7.39. The summed E-state index contributed by atoms with van der Waals surface area (Å²) in [6.07, 6.45) is -1.13. The second-order valence-corrected chi connectivity index (χ2v) is 4.32. The smallest absolute Gasteiger partial charge is 0.330 e. The topological polar surface area (TPSA) is 153 Å². The highest BCUT2D eigenvalue weighted by Gasteiger charge is 2.37. The number of hydrogen-bond donors (Lipinski definition) is 1. The fraction of sp³-hybridized carbons (Fsp3) is 0.500. The van der Waals surface area contributed by atoms with E-state index in [1.165, 1.54) is 13.1 Å². The van der Waals surface area contributed by atoms with Crippen molar-refractivity contribution < 1.29 is 14.6 Å². The van der Waals surface area contributed by atoms with E-state index < -0.39 is 35.6 Å². The molecule has 0 saturated carbocycles. The van der Waals surface area contributed by atoms with E-state index >= 15 is 0 Å². The van der Waals surface area contributed by atoms with Crippen molar-refractivity contribution in [2.75, 3.05) is 0 Å². The number of aliphatic carboxylic acids is 1. The molecule has 20 heavy (non-hydrogen) atoms. The van der Waals surface area contributed by atoms with Crippen LogP contribution in [0.25, 0.3) is 10.4 Å². The fourth-order valence-electron chi connectivity index (χ4n) is 2.01. The molecule has 1 fully saturated rings. The molecule has 1 aromatic heterocycles. The van der Waals surface area contributed by atoms with Crippen LogP contribution in [0.4, 0.5) is 0 Å². The Balaban J connectivity index is 2.38. The molecule has 0 unspecified atom stereocenters. The minimum Gasteiger partial charge on any atom is -0.547 e. The Hall–Kier alpha value is -2.58. The van der Waals surface area contributed by atoms with Crippen LogP contribution in [0.3, 0.4) is 0 Å². The van der Waals surface area contributed by atoms with Gasteiger partial charge in [0.2, 0.25) is 0 Å². The molecule has 0 aliphatic carbocycles. The molecule has 1 aliphatic heterocycles. The first-order valence-electron chi connectivity index (χ1n) is 5.66. The van der Waals surface area contributed by atoms with Crippen LogP contribution in [-0.2, 0) is 9.53 Å². The number of aromatic nitrogens is 2. The highest BCUT2D eigenvalue weighted by Crippen LogP contribution is 2.29. The van der Waals surface area contributed by atoms with Gasteiger partial charge < -0.3 is 14.6 Å². The van der Waals surface area contributed by atoms with Gasteiger partial charge >= 0.3 is 5.69 Å². The lowest BCUT2D eigenvalue weighted by Crippen LogP contribution is -2.41. The molecule has 10 nitrogen and oxygen atoms in total. The van der Waals surface area contributed by atoms with Gasteiger partial charge in [-0.05, 0) is 12.5 Å². The largest absolute Gasteiger partial charge is 0.547 e. The summed E-state index contributed by atoms with van der Waals surface area (Å²) in [6, 6.07) is -0.978. The second-order valence-electron chi connectivity index (χ2n) is 4.32. The van der Waals surface area contributed by atoms with Crippen LogP contribution in [0.5, 0.6) is 0 Å². The van der Waals surface area contributed by atoms with Crippen molar-refractivity contribution in [3.63, 3.8) is 0 Å². The fourth-order valence-corrected chi connectivity index (χ4v) is 2.01. The Morgan fingerprint density at radius 1 is 1.65 bits per heavy atom. The van der Waals surface area contributed by atoms with Crippen LogP contribution in [0, 0.1) is 6.92 Å². The van der Waals surface area contributed by atoms with Gasteiger partial charge in [0.25, 0.3) is 5.56 Å². The van der Waals surface area contributed by atoms with Gasteiger partial charge in [0.1, 0.15) is 12.3 Å². The van der Waals surface area contributed by atoms with E-state index in [-0.39, 0.29) is 12.0 Å². The standard InChI is InChI=1S/C10H11N5O5/c1-4-3-15(10(19)12-8(4)16)6-2-5(13-14-11)7(20-6)9(17)18/h3,5-7H,2H2,1H3,(H,17,18)(H,12,16,19)/p-1/t5-,6+,7+/m0/s1. The Morgan fingerprint density at radius 2 is 2.35 bits per heavy atom. The number of nitrogens with one attached hydrogen (secondary N) is 1. The average Bonchev–Trinajstić information content (AvgIpc) is 2.78. The molecule has 3 atom stereocenters. The van der Waals surface area contributed by atoms with Gasteiger partial charge in [-0.15, -0.1) is 0 Å². The molecule has 1 N–H and O–H groups in total. The third-order valence-electron chi connectivity index (χ3n) is 2.98. The van der Waals surface area contributed by atoms with Gasteiger partial charge in [0, 0.05) is 23.1 Å². The predicted octanol–water partition coefficient (Wildman–Crippen LogP) is -1.44. The summed E-state index contributed by atoms with van der Waals surface area (Å²) >= 11 is 0. The molecular formula is C10H10N5O5-. The first-order valence-corrected chi connectivity index (χ1v) is 5.66. The number of carbonyl (C=O) groups excluding carboxylic acids is 1. The molecule has 1 aliphatic rings. The highest BCUT2D eigenvalue weighted by molar-refractivity contribution is 5.71. The van der Waals surface area contributed by atoms with E-state index in [0.717, 1.165) is 4.57 Å². The summed E-state index contributed by atoms with van der Waals surface area (Å²) in [6.45, 7) is 1.49. The molecule has 106 valence electrons. The first-order chi connectivity index (χ1) is 9.43. The number of aromatic amines is 1. The molecule has 2 rings (SSSR count). The molecule has 0 spiro atoms. The summed E-state index contributed by atoms with van der Waals surface area (Å²) in [5, 5.41) is 14.2. The zero-order chi connectivity index (χ0) is 14.9. The van der Waals surface area contributed by atoms with Crippen LogP contribution in [0.15, 0.2) is 20.9 Å². The number of carboxylic acids is 1. The summed E-state index contributed by atoms with van der Waals surface area (Å²) in [4.78, 5) is 38.5. The maximum atomic E-state index is 11.7. The van der Waals surface area contributed by atoms with Crippen molar-refractivity contribution in [2.45, 2.75) is 31.7 Å². The zero-order valence-electron chi connectivity index (χ0n) is 10.3. The molecule has 0 aromatic carbocycles. The monoisotopic (exact) mass is 280 g/mol. The number of nitrogens with zero attached hydrogens (tertiary/aromatic N) is 4. The minimum atomic E-state index is -1.53. The Morgan fingerprint density at radius 3 is 2.95 bits per heavy atom. The van der Waals surface area contributed by atoms with Crippen LogP contribution >= 0.6 is 0 Å². The third kappa shape index (κ3) is 2.42. The third-order valence-corrected chi connectivity index (χ3v) is 2.98. The lowest BCUT2D eigenvalue weighted by Gasteiger charge is -2.17. The molecule has 1 saturated heterocycles. The summed E-state index contributed by atoms with van der Waals surface area (Å²) in [5.74, 6) is -1.53. The number of azide groups is 1. The van der Waals surface area contributed by atoms with Crippen molar-refractivity contribution in [2.24, 2.45) is 5.11 Å². The molecule has 0 amide bonds. The van der Waals surface area contributed by atoms with Gasteiger partial charge in [-0.2, -0.15) is 0 Å². The van der Waals surface area contributed by atoms with Crippen molar-refractivity contribution >= 4 is 5.97 Å². The SMILES string of the molecule is Cc1cn([C@H]2C[C@H](N=[N+]=[N-])[C@H](C(=O)[O-])O2)c(=O)[nH]c1=O. The lowest BCUT2D eigenvalue weighted by atomic mass is 10.1. The van der Waals surface area contributed by atoms with Gasteiger partial charge in [0.05, 0.1) is 12.0 Å². The number of hydrogen-bond acceptors (Lipinski definition) is 6. The molecule has 1 aromatic rings. The van der Waals surface area contributed by atoms with E-state index in [9.17, 15) is 19.5 Å². The number of aryl methyl sites for hydroxylation is 1.